The molecule has 12 nitrogen and oxygen atoms in total. The molecule has 284 valence electrons. The number of aliphatic hydroxyl groups excluding tert-OH is 1. The predicted molar refractivity (Wildman–Crippen MR) is 201 cm³/mol. The third-order valence-corrected chi connectivity index (χ3v) is 13.7. The van der Waals surface area contributed by atoms with Crippen LogP contribution in [0, 0.1) is 11.8 Å². The molecule has 4 heterocycles. The molecule has 3 aliphatic heterocycles. The third-order valence-electron chi connectivity index (χ3n) is 11.0. The van der Waals surface area contributed by atoms with Gasteiger partial charge in [-0.25, -0.2) is 18.2 Å². The van der Waals surface area contributed by atoms with Crippen molar-refractivity contribution in [3.05, 3.63) is 54.1 Å². The van der Waals surface area contributed by atoms with Gasteiger partial charge < -0.3 is 34.9 Å². The fraction of sp³-hybridized carbons (Fsp3) is 0.632. The van der Waals surface area contributed by atoms with Crippen LogP contribution in [0.15, 0.2) is 53.4 Å². The molecule has 1 aliphatic carbocycles. The van der Waals surface area contributed by atoms with E-state index in [2.05, 4.69) is 15.5 Å². The minimum absolute atomic E-state index is 0.0144. The highest BCUT2D eigenvalue weighted by Gasteiger charge is 2.44. The average Bonchev–Trinajstić information content (AvgIpc) is 3.95. The summed E-state index contributed by atoms with van der Waals surface area (Å²) in [5, 5.41) is 19.0. The molecule has 1 saturated carbocycles. The summed E-state index contributed by atoms with van der Waals surface area (Å²) in [5.41, 5.74) is 1.64. The Morgan fingerprint density at radius 1 is 1.06 bits per heavy atom. The number of anilines is 1. The van der Waals surface area contributed by atoms with Gasteiger partial charge >= 0.3 is 6.09 Å². The summed E-state index contributed by atoms with van der Waals surface area (Å²) in [6.45, 7) is 6.87. The number of carbonyl (C=O) groups excluding carboxylic acids is 1. The van der Waals surface area contributed by atoms with E-state index in [4.69, 9.17) is 19.2 Å². The molecule has 3 aromatic rings. The van der Waals surface area contributed by atoms with Gasteiger partial charge in [-0.3, -0.25) is 0 Å². The molecule has 1 amide bonds. The van der Waals surface area contributed by atoms with Crippen LogP contribution in [-0.4, -0.2) is 110 Å². The number of fused-ring (bicyclic) bond motifs is 2. The highest BCUT2D eigenvalue weighted by Crippen LogP contribution is 2.34. The number of rotatable bonds is 14. The molecule has 3 N–H and O–H groups in total. The third kappa shape index (κ3) is 8.91. The Bertz CT molecular complexity index is 1740. The van der Waals surface area contributed by atoms with Crippen LogP contribution in [0.2, 0.25) is 0 Å². The summed E-state index contributed by atoms with van der Waals surface area (Å²) in [6.07, 6.45) is 5.77. The van der Waals surface area contributed by atoms with E-state index in [1.165, 1.54) is 41.3 Å². The number of nitrogens with zero attached hydrogens (tertiary/aromatic N) is 3. The minimum Gasteiger partial charge on any atom is -0.443 e. The van der Waals surface area contributed by atoms with Gasteiger partial charge in [0.15, 0.2) is 11.4 Å². The Hall–Kier alpha value is -2.85. The highest BCUT2D eigenvalue weighted by molar-refractivity contribution is 7.89. The molecule has 52 heavy (non-hydrogen) atoms. The van der Waals surface area contributed by atoms with Crippen molar-refractivity contribution in [1.82, 2.24) is 19.5 Å². The van der Waals surface area contributed by atoms with Crippen molar-refractivity contribution in [2.75, 3.05) is 44.7 Å². The summed E-state index contributed by atoms with van der Waals surface area (Å²) in [6, 6.07) is 14.8. The number of hydrogen-bond acceptors (Lipinski definition) is 11. The fourth-order valence-electron chi connectivity index (χ4n) is 8.16. The SMILES string of the molecule is CC(C)CN(CC(O)C(Cc1ccccc1)NC(=O)OC1COC2OCCC12)S(=O)(=O)c1ccc2nc(NC3CCN(C4CCCC4)CC3)sc2c1. The van der Waals surface area contributed by atoms with Crippen molar-refractivity contribution in [3.63, 3.8) is 0 Å². The molecule has 5 unspecified atom stereocenters. The summed E-state index contributed by atoms with van der Waals surface area (Å²) in [4.78, 5) is 20.8. The molecule has 4 aliphatic rings. The number of thiazole rings is 1. The molecule has 7 rings (SSSR count). The van der Waals surface area contributed by atoms with Crippen LogP contribution in [0.3, 0.4) is 0 Å². The van der Waals surface area contributed by atoms with Gasteiger partial charge in [0.2, 0.25) is 10.0 Å². The van der Waals surface area contributed by atoms with Crippen LogP contribution >= 0.6 is 11.3 Å². The number of hydrogen-bond donors (Lipinski definition) is 3. The smallest absolute Gasteiger partial charge is 0.407 e. The van der Waals surface area contributed by atoms with Gasteiger partial charge in [0.1, 0.15) is 6.10 Å². The van der Waals surface area contributed by atoms with Crippen molar-refractivity contribution in [2.45, 2.75) is 107 Å². The van der Waals surface area contributed by atoms with E-state index in [9.17, 15) is 18.3 Å². The van der Waals surface area contributed by atoms with Crippen LogP contribution in [0.25, 0.3) is 10.2 Å². The van der Waals surface area contributed by atoms with Gasteiger partial charge in [-0.1, -0.05) is 68.4 Å². The lowest BCUT2D eigenvalue weighted by Crippen LogP contribution is -2.51. The molecular formula is C38H53N5O7S2. The Balaban J connectivity index is 1.03. The fourth-order valence-corrected chi connectivity index (χ4v) is 10.9. The molecule has 0 spiro atoms. The second-order valence-corrected chi connectivity index (χ2v) is 18.2. The maximum absolute atomic E-state index is 14.3. The normalized spacial score (nSPS) is 24.4. The van der Waals surface area contributed by atoms with E-state index in [-0.39, 0.29) is 49.1 Å². The van der Waals surface area contributed by atoms with Crippen molar-refractivity contribution in [3.8, 4) is 0 Å². The molecule has 14 heteroatoms. The van der Waals surface area contributed by atoms with Gasteiger partial charge in [0.25, 0.3) is 0 Å². The number of nitrogens with one attached hydrogen (secondary N) is 2. The monoisotopic (exact) mass is 755 g/mol. The zero-order chi connectivity index (χ0) is 36.2. The number of ether oxygens (including phenoxy) is 3. The predicted octanol–water partition coefficient (Wildman–Crippen LogP) is 5.22. The first-order valence-electron chi connectivity index (χ1n) is 19.0. The Kier molecular flexibility index (Phi) is 12.0. The summed E-state index contributed by atoms with van der Waals surface area (Å²) in [5.74, 6) is -0.0448. The zero-order valence-electron chi connectivity index (χ0n) is 30.2. The first kappa shape index (κ1) is 37.5. The van der Waals surface area contributed by atoms with E-state index in [1.54, 1.807) is 18.2 Å². The Morgan fingerprint density at radius 3 is 2.58 bits per heavy atom. The van der Waals surface area contributed by atoms with Gasteiger partial charge in [0.05, 0.1) is 46.4 Å². The standard InChI is InChI=1S/C38H53N5O7S2/c1-25(2)22-43(23-33(44)32(20-26-8-4-3-5-9-26)41-38(45)50-34-24-49-36-30(34)16-19-48-36)52(46,47)29-12-13-31-35(21-29)51-37(40-31)39-27-14-17-42(18-15-27)28-10-6-7-11-28/h3-5,8-9,12-13,21,25,27-28,30,32-34,36,44H,6-7,10-11,14-20,22-24H2,1-2H3,(H,39,40)(H,41,45). The number of aliphatic hydroxyl groups is 1. The molecule has 2 aromatic carbocycles. The number of benzene rings is 2. The second-order valence-electron chi connectivity index (χ2n) is 15.2. The van der Waals surface area contributed by atoms with Gasteiger partial charge in [0, 0.05) is 38.3 Å². The van der Waals surface area contributed by atoms with E-state index in [1.807, 2.05) is 44.2 Å². The molecule has 3 saturated heterocycles. The maximum atomic E-state index is 14.3. The van der Waals surface area contributed by atoms with Crippen LogP contribution in [0.5, 0.6) is 0 Å². The number of amides is 1. The lowest BCUT2D eigenvalue weighted by atomic mass is 10.0. The maximum Gasteiger partial charge on any atom is 0.407 e. The lowest BCUT2D eigenvalue weighted by Gasteiger charge is -2.36. The topological polar surface area (TPSA) is 143 Å². The molecular weight excluding hydrogens is 703 g/mol. The van der Waals surface area contributed by atoms with Crippen molar-refractivity contribution in [1.29, 1.82) is 0 Å². The number of carbonyl (C=O) groups is 1. The highest BCUT2D eigenvalue weighted by atomic mass is 32.2. The number of sulfonamides is 1. The average molecular weight is 756 g/mol. The van der Waals surface area contributed by atoms with Gasteiger partial charge in [-0.05, 0) is 68.2 Å². The molecule has 5 atom stereocenters. The quantitative estimate of drug-likeness (QED) is 0.201. The molecule has 4 fully saturated rings. The zero-order valence-corrected chi connectivity index (χ0v) is 31.8. The van der Waals surface area contributed by atoms with Crippen LogP contribution in [0.4, 0.5) is 9.93 Å². The first-order valence-corrected chi connectivity index (χ1v) is 21.2. The van der Waals surface area contributed by atoms with E-state index in [0.717, 1.165) is 59.3 Å². The number of piperidine rings is 1. The van der Waals surface area contributed by atoms with E-state index >= 15 is 0 Å². The van der Waals surface area contributed by atoms with Gasteiger partial charge in [-0.2, -0.15) is 4.31 Å². The van der Waals surface area contributed by atoms with Crippen molar-refractivity contribution in [2.24, 2.45) is 11.8 Å². The van der Waals surface area contributed by atoms with Crippen LogP contribution in [-0.2, 0) is 30.7 Å². The number of aromatic nitrogens is 1. The summed E-state index contributed by atoms with van der Waals surface area (Å²) in [7, 11) is -4.03. The van der Waals surface area contributed by atoms with Crippen molar-refractivity contribution < 1.29 is 32.5 Å². The molecule has 0 radical (unpaired) electrons. The number of likely N-dealkylation sites (tertiary alicyclic amines) is 1. The van der Waals surface area contributed by atoms with Crippen molar-refractivity contribution >= 4 is 42.8 Å². The minimum atomic E-state index is -4.03. The lowest BCUT2D eigenvalue weighted by molar-refractivity contribution is -0.0907. The second kappa shape index (κ2) is 16.7. The summed E-state index contributed by atoms with van der Waals surface area (Å²) < 4.78 is 47.6. The Morgan fingerprint density at radius 2 is 1.83 bits per heavy atom. The largest absolute Gasteiger partial charge is 0.443 e. The van der Waals surface area contributed by atoms with E-state index in [0.29, 0.717) is 12.6 Å². The van der Waals surface area contributed by atoms with Gasteiger partial charge in [-0.15, -0.1) is 0 Å². The van der Waals surface area contributed by atoms with Crippen LogP contribution < -0.4 is 10.6 Å². The summed E-state index contributed by atoms with van der Waals surface area (Å²) >= 11 is 1.47. The molecule has 1 aromatic heterocycles. The Labute approximate surface area is 311 Å². The first-order chi connectivity index (χ1) is 25.1. The number of alkyl carbamates (subject to hydrolysis) is 1. The van der Waals surface area contributed by atoms with E-state index < -0.39 is 34.4 Å². The van der Waals surface area contributed by atoms with Crippen LogP contribution in [0.1, 0.15) is 64.4 Å². The molecule has 0 bridgehead atoms.